The molecular formula is C17H14FNO2. The third kappa shape index (κ3) is 2.40. The lowest BCUT2D eigenvalue weighted by atomic mass is 10.1. The summed E-state index contributed by atoms with van der Waals surface area (Å²) in [6.45, 7) is 2.36. The Kier molecular flexibility index (Phi) is 3.22. The second-order valence-corrected chi connectivity index (χ2v) is 5.06. The Morgan fingerprint density at radius 2 is 2.00 bits per heavy atom. The fourth-order valence-corrected chi connectivity index (χ4v) is 2.57. The van der Waals surface area contributed by atoms with Crippen molar-refractivity contribution in [2.24, 2.45) is 0 Å². The highest BCUT2D eigenvalue weighted by atomic mass is 19.1. The lowest BCUT2D eigenvalue weighted by Crippen LogP contribution is -2.01. The fraction of sp³-hybridized carbons (Fsp3) is 0.118. The number of rotatable bonds is 3. The van der Waals surface area contributed by atoms with Gasteiger partial charge in [0, 0.05) is 23.6 Å². The number of hydrogen-bond acceptors (Lipinski definition) is 1. The van der Waals surface area contributed by atoms with E-state index in [2.05, 4.69) is 0 Å². The van der Waals surface area contributed by atoms with Crippen molar-refractivity contribution in [3.63, 3.8) is 0 Å². The summed E-state index contributed by atoms with van der Waals surface area (Å²) < 4.78 is 15.1. The Hall–Kier alpha value is -2.62. The molecule has 3 nitrogen and oxygen atoms in total. The van der Waals surface area contributed by atoms with Gasteiger partial charge < -0.3 is 9.67 Å². The standard InChI is InChI=1S/C17H14FNO2/c1-11-8-13(18)7-6-12(11)9-19-10-15(17(20)21)14-4-2-3-5-16(14)19/h2-8,10H,9H2,1H3,(H,20,21). The molecule has 106 valence electrons. The number of para-hydroxylation sites is 1. The lowest BCUT2D eigenvalue weighted by Gasteiger charge is -2.08. The maximum absolute atomic E-state index is 13.2. The van der Waals surface area contributed by atoms with Crippen LogP contribution in [0.4, 0.5) is 4.39 Å². The summed E-state index contributed by atoms with van der Waals surface area (Å²) in [7, 11) is 0. The van der Waals surface area contributed by atoms with Crippen molar-refractivity contribution in [2.75, 3.05) is 0 Å². The maximum atomic E-state index is 13.2. The molecule has 0 spiro atoms. The Labute approximate surface area is 121 Å². The largest absolute Gasteiger partial charge is 0.478 e. The number of aryl methyl sites for hydroxylation is 1. The maximum Gasteiger partial charge on any atom is 0.337 e. The zero-order valence-corrected chi connectivity index (χ0v) is 11.5. The van der Waals surface area contributed by atoms with Crippen LogP contribution >= 0.6 is 0 Å². The molecule has 0 fully saturated rings. The molecule has 0 saturated carbocycles. The lowest BCUT2D eigenvalue weighted by molar-refractivity contribution is 0.0699. The molecule has 0 bridgehead atoms. The van der Waals surface area contributed by atoms with Gasteiger partial charge in [0.1, 0.15) is 5.82 Å². The van der Waals surface area contributed by atoms with Crippen LogP contribution in [-0.4, -0.2) is 15.6 Å². The highest BCUT2D eigenvalue weighted by Gasteiger charge is 2.14. The Morgan fingerprint density at radius 3 is 2.71 bits per heavy atom. The van der Waals surface area contributed by atoms with Crippen LogP contribution in [0.15, 0.2) is 48.7 Å². The van der Waals surface area contributed by atoms with Crippen LogP contribution in [0, 0.1) is 12.7 Å². The number of benzene rings is 2. The van der Waals surface area contributed by atoms with Gasteiger partial charge in [0.25, 0.3) is 0 Å². The SMILES string of the molecule is Cc1cc(F)ccc1Cn1cc(C(=O)O)c2ccccc21. The number of carboxylic acid groups (broad SMARTS) is 1. The van der Waals surface area contributed by atoms with Gasteiger partial charge in [-0.1, -0.05) is 24.3 Å². The molecule has 2 aromatic carbocycles. The number of hydrogen-bond donors (Lipinski definition) is 1. The summed E-state index contributed by atoms with van der Waals surface area (Å²) in [6.07, 6.45) is 1.63. The van der Waals surface area contributed by atoms with E-state index in [1.807, 2.05) is 29.7 Å². The molecule has 21 heavy (non-hydrogen) atoms. The van der Waals surface area contributed by atoms with Crippen LogP contribution in [0.3, 0.4) is 0 Å². The van der Waals surface area contributed by atoms with Gasteiger partial charge in [-0.25, -0.2) is 9.18 Å². The van der Waals surface area contributed by atoms with E-state index in [0.29, 0.717) is 11.9 Å². The predicted molar refractivity (Wildman–Crippen MR) is 79.1 cm³/mol. The fourth-order valence-electron chi connectivity index (χ4n) is 2.57. The number of carbonyl (C=O) groups is 1. The first kappa shape index (κ1) is 13.4. The molecule has 0 radical (unpaired) electrons. The Morgan fingerprint density at radius 1 is 1.24 bits per heavy atom. The molecule has 1 N–H and O–H groups in total. The molecule has 1 aromatic heterocycles. The molecule has 1 heterocycles. The minimum atomic E-state index is -0.944. The van der Waals surface area contributed by atoms with E-state index in [0.717, 1.165) is 16.6 Å². The van der Waals surface area contributed by atoms with E-state index >= 15 is 0 Å². The van der Waals surface area contributed by atoms with Crippen molar-refractivity contribution in [1.29, 1.82) is 0 Å². The Bertz CT molecular complexity index is 836. The normalized spacial score (nSPS) is 11.0. The molecule has 0 atom stereocenters. The molecule has 0 aliphatic heterocycles. The molecule has 3 aromatic rings. The van der Waals surface area contributed by atoms with E-state index < -0.39 is 5.97 Å². The quantitative estimate of drug-likeness (QED) is 0.793. The van der Waals surface area contributed by atoms with Crippen LogP contribution in [-0.2, 0) is 6.54 Å². The summed E-state index contributed by atoms with van der Waals surface area (Å²) in [5.74, 6) is -1.21. The van der Waals surface area contributed by atoms with Gasteiger partial charge in [0.15, 0.2) is 0 Å². The van der Waals surface area contributed by atoms with Gasteiger partial charge >= 0.3 is 5.97 Å². The van der Waals surface area contributed by atoms with E-state index in [9.17, 15) is 14.3 Å². The molecule has 0 amide bonds. The first-order valence-electron chi connectivity index (χ1n) is 6.62. The number of fused-ring (bicyclic) bond motifs is 1. The van der Waals surface area contributed by atoms with Crippen molar-refractivity contribution in [2.45, 2.75) is 13.5 Å². The monoisotopic (exact) mass is 283 g/mol. The van der Waals surface area contributed by atoms with Gasteiger partial charge in [0.2, 0.25) is 0 Å². The van der Waals surface area contributed by atoms with Crippen LogP contribution in [0.5, 0.6) is 0 Å². The van der Waals surface area contributed by atoms with Gasteiger partial charge in [-0.3, -0.25) is 0 Å². The molecule has 4 heteroatoms. The zero-order valence-electron chi connectivity index (χ0n) is 11.5. The molecule has 0 aliphatic carbocycles. The van der Waals surface area contributed by atoms with Crippen LogP contribution in [0.25, 0.3) is 10.9 Å². The van der Waals surface area contributed by atoms with Gasteiger partial charge in [-0.15, -0.1) is 0 Å². The average molecular weight is 283 g/mol. The van der Waals surface area contributed by atoms with E-state index in [1.54, 1.807) is 18.3 Å². The van der Waals surface area contributed by atoms with Gasteiger partial charge in [-0.2, -0.15) is 0 Å². The second-order valence-electron chi connectivity index (χ2n) is 5.06. The summed E-state index contributed by atoms with van der Waals surface area (Å²) in [5, 5.41) is 10.0. The summed E-state index contributed by atoms with van der Waals surface area (Å²) in [6, 6.07) is 12.0. The third-order valence-corrected chi connectivity index (χ3v) is 3.66. The number of aromatic nitrogens is 1. The first-order valence-corrected chi connectivity index (χ1v) is 6.62. The van der Waals surface area contributed by atoms with Crippen molar-refractivity contribution < 1.29 is 14.3 Å². The van der Waals surface area contributed by atoms with E-state index in [-0.39, 0.29) is 11.4 Å². The van der Waals surface area contributed by atoms with E-state index in [1.165, 1.54) is 12.1 Å². The van der Waals surface area contributed by atoms with Gasteiger partial charge in [0.05, 0.1) is 5.56 Å². The van der Waals surface area contributed by atoms with Crippen LogP contribution < -0.4 is 0 Å². The average Bonchev–Trinajstić information content (AvgIpc) is 2.81. The highest BCUT2D eigenvalue weighted by Crippen LogP contribution is 2.23. The van der Waals surface area contributed by atoms with Crippen molar-refractivity contribution in [3.05, 3.63) is 71.2 Å². The van der Waals surface area contributed by atoms with E-state index in [4.69, 9.17) is 0 Å². The summed E-state index contributed by atoms with van der Waals surface area (Å²) in [5.41, 5.74) is 2.96. The molecule has 3 rings (SSSR count). The summed E-state index contributed by atoms with van der Waals surface area (Å²) >= 11 is 0. The first-order chi connectivity index (χ1) is 10.1. The zero-order chi connectivity index (χ0) is 15.0. The smallest absolute Gasteiger partial charge is 0.337 e. The molecule has 0 saturated heterocycles. The topological polar surface area (TPSA) is 42.2 Å². The second kappa shape index (κ2) is 5.05. The van der Waals surface area contributed by atoms with Crippen LogP contribution in [0.2, 0.25) is 0 Å². The van der Waals surface area contributed by atoms with Crippen molar-refractivity contribution in [3.8, 4) is 0 Å². The molecule has 0 aliphatic rings. The highest BCUT2D eigenvalue weighted by molar-refractivity contribution is 6.03. The van der Waals surface area contributed by atoms with Gasteiger partial charge in [-0.05, 0) is 36.2 Å². The predicted octanol–water partition coefficient (Wildman–Crippen LogP) is 3.84. The molecular weight excluding hydrogens is 269 g/mol. The van der Waals surface area contributed by atoms with Crippen LogP contribution in [0.1, 0.15) is 21.5 Å². The minimum absolute atomic E-state index is 0.264. The third-order valence-electron chi connectivity index (χ3n) is 3.66. The number of halogens is 1. The molecule has 0 unspecified atom stereocenters. The number of nitrogens with zero attached hydrogens (tertiary/aromatic N) is 1. The number of aromatic carboxylic acids is 1. The van der Waals surface area contributed by atoms with Crippen molar-refractivity contribution >= 4 is 16.9 Å². The Balaban J connectivity index is 2.10. The van der Waals surface area contributed by atoms with Crippen molar-refractivity contribution in [1.82, 2.24) is 4.57 Å². The summed E-state index contributed by atoms with van der Waals surface area (Å²) in [4.78, 5) is 11.3. The number of carboxylic acids is 1. The minimum Gasteiger partial charge on any atom is -0.478 e.